The highest BCUT2D eigenvalue weighted by molar-refractivity contribution is 6.30. The van der Waals surface area contributed by atoms with E-state index in [0.717, 1.165) is 29.4 Å². The van der Waals surface area contributed by atoms with Crippen LogP contribution in [0.5, 0.6) is 0 Å². The van der Waals surface area contributed by atoms with E-state index in [2.05, 4.69) is 15.6 Å². The fourth-order valence-corrected chi connectivity index (χ4v) is 2.72. The number of nitrogens with one attached hydrogen (secondary N) is 2. The molecule has 0 saturated carbocycles. The number of hydrogen-bond acceptors (Lipinski definition) is 3. The van der Waals surface area contributed by atoms with Gasteiger partial charge < -0.3 is 10.6 Å². The first kappa shape index (κ1) is 18.0. The van der Waals surface area contributed by atoms with Crippen LogP contribution in [-0.4, -0.2) is 17.4 Å². The van der Waals surface area contributed by atoms with Crippen molar-refractivity contribution >= 4 is 29.0 Å². The second kappa shape index (κ2) is 8.50. The Morgan fingerprint density at radius 2 is 1.88 bits per heavy atom. The molecule has 0 spiro atoms. The van der Waals surface area contributed by atoms with Crippen LogP contribution in [-0.2, 0) is 6.42 Å². The van der Waals surface area contributed by atoms with Crippen LogP contribution in [0.4, 0.5) is 11.5 Å². The maximum absolute atomic E-state index is 12.2. The molecular weight excluding hydrogens is 346 g/mol. The van der Waals surface area contributed by atoms with Gasteiger partial charge in [-0.05, 0) is 55.3 Å². The van der Waals surface area contributed by atoms with Crippen LogP contribution < -0.4 is 10.6 Å². The van der Waals surface area contributed by atoms with Crippen LogP contribution in [0.3, 0.4) is 0 Å². The zero-order valence-corrected chi connectivity index (χ0v) is 15.3. The highest BCUT2D eigenvalue weighted by Crippen LogP contribution is 2.13. The van der Waals surface area contributed by atoms with E-state index >= 15 is 0 Å². The van der Waals surface area contributed by atoms with Gasteiger partial charge in [0.2, 0.25) is 0 Å². The molecule has 0 aliphatic carbocycles. The number of carbonyl (C=O) groups excluding carboxylic acids is 1. The number of benzene rings is 2. The zero-order valence-electron chi connectivity index (χ0n) is 14.5. The molecule has 2 N–H and O–H groups in total. The number of carbonyl (C=O) groups is 1. The summed E-state index contributed by atoms with van der Waals surface area (Å²) in [6.07, 6.45) is 2.50. The largest absolute Gasteiger partial charge is 0.370 e. The number of rotatable bonds is 6. The normalized spacial score (nSPS) is 10.4. The summed E-state index contributed by atoms with van der Waals surface area (Å²) in [7, 11) is 0. The van der Waals surface area contributed by atoms with Gasteiger partial charge in [0, 0.05) is 17.1 Å². The summed E-state index contributed by atoms with van der Waals surface area (Å²) in [5, 5.41) is 6.86. The van der Waals surface area contributed by atoms with E-state index < -0.39 is 0 Å². The van der Waals surface area contributed by atoms with E-state index in [1.54, 1.807) is 6.20 Å². The quantitative estimate of drug-likeness (QED) is 0.649. The molecule has 26 heavy (non-hydrogen) atoms. The van der Waals surface area contributed by atoms with E-state index in [4.69, 9.17) is 11.6 Å². The molecule has 0 unspecified atom stereocenters. The summed E-state index contributed by atoms with van der Waals surface area (Å²) >= 11 is 5.98. The fourth-order valence-electron chi connectivity index (χ4n) is 2.51. The molecule has 0 bridgehead atoms. The van der Waals surface area contributed by atoms with Crippen molar-refractivity contribution in [2.75, 3.05) is 17.2 Å². The van der Waals surface area contributed by atoms with Gasteiger partial charge in [0.25, 0.3) is 5.91 Å². The van der Waals surface area contributed by atoms with Gasteiger partial charge in [-0.25, -0.2) is 4.98 Å². The Morgan fingerprint density at radius 1 is 1.08 bits per heavy atom. The number of aryl methyl sites for hydroxylation is 1. The maximum atomic E-state index is 12.2. The van der Waals surface area contributed by atoms with Crippen LogP contribution in [0.25, 0.3) is 0 Å². The van der Waals surface area contributed by atoms with Gasteiger partial charge in [-0.15, -0.1) is 0 Å². The van der Waals surface area contributed by atoms with Gasteiger partial charge in [0.1, 0.15) is 5.82 Å². The Bertz CT molecular complexity index is 877. The molecule has 3 rings (SSSR count). The van der Waals surface area contributed by atoms with E-state index in [1.807, 2.05) is 67.6 Å². The van der Waals surface area contributed by atoms with E-state index in [9.17, 15) is 4.79 Å². The van der Waals surface area contributed by atoms with Gasteiger partial charge >= 0.3 is 0 Å². The fraction of sp³-hybridized carbons (Fsp3) is 0.143. The van der Waals surface area contributed by atoms with Gasteiger partial charge in [0.15, 0.2) is 0 Å². The monoisotopic (exact) mass is 365 g/mol. The predicted octanol–water partition coefficient (Wildman–Crippen LogP) is 4.95. The van der Waals surface area contributed by atoms with Crippen LogP contribution in [0.1, 0.15) is 21.5 Å². The van der Waals surface area contributed by atoms with Crippen molar-refractivity contribution in [1.82, 2.24) is 4.98 Å². The van der Waals surface area contributed by atoms with E-state index in [-0.39, 0.29) is 5.91 Å². The number of anilines is 2. The first-order valence-electron chi connectivity index (χ1n) is 8.42. The standard InChI is InChI=1S/C21H20ClN3O/c1-15-5-7-17(8-6-15)21(26)25-19-9-10-20(24-14-19)23-12-11-16-3-2-4-18(22)13-16/h2-10,13-14H,11-12H2,1H3,(H,23,24)(H,25,26). The second-order valence-corrected chi connectivity index (χ2v) is 6.50. The van der Waals surface area contributed by atoms with Crippen molar-refractivity contribution in [2.45, 2.75) is 13.3 Å². The minimum absolute atomic E-state index is 0.145. The lowest BCUT2D eigenvalue weighted by molar-refractivity contribution is 0.102. The third kappa shape index (κ3) is 5.07. The Morgan fingerprint density at radius 3 is 2.58 bits per heavy atom. The van der Waals surface area contributed by atoms with E-state index in [0.29, 0.717) is 11.3 Å². The molecule has 0 atom stereocenters. The lowest BCUT2D eigenvalue weighted by Gasteiger charge is -2.08. The number of hydrogen-bond donors (Lipinski definition) is 2. The average Bonchev–Trinajstić information content (AvgIpc) is 2.64. The topological polar surface area (TPSA) is 54.0 Å². The molecule has 132 valence electrons. The third-order valence-electron chi connectivity index (χ3n) is 3.94. The Labute approximate surface area is 158 Å². The highest BCUT2D eigenvalue weighted by atomic mass is 35.5. The summed E-state index contributed by atoms with van der Waals surface area (Å²) in [6.45, 7) is 2.74. The maximum Gasteiger partial charge on any atom is 0.255 e. The lowest BCUT2D eigenvalue weighted by Crippen LogP contribution is -2.12. The number of halogens is 1. The number of nitrogens with zero attached hydrogens (tertiary/aromatic N) is 1. The zero-order chi connectivity index (χ0) is 18.4. The highest BCUT2D eigenvalue weighted by Gasteiger charge is 2.06. The van der Waals surface area contributed by atoms with Gasteiger partial charge in [-0.3, -0.25) is 4.79 Å². The Hall–Kier alpha value is -2.85. The first-order chi connectivity index (χ1) is 12.6. The molecular formula is C21H20ClN3O. The first-order valence-corrected chi connectivity index (χ1v) is 8.80. The van der Waals surface area contributed by atoms with Crippen molar-refractivity contribution in [3.8, 4) is 0 Å². The summed E-state index contributed by atoms with van der Waals surface area (Å²) in [5.41, 5.74) is 3.58. The minimum Gasteiger partial charge on any atom is -0.370 e. The molecule has 4 nitrogen and oxygen atoms in total. The van der Waals surface area contributed by atoms with Crippen LogP contribution in [0.15, 0.2) is 66.9 Å². The smallest absolute Gasteiger partial charge is 0.255 e. The van der Waals surface area contributed by atoms with Gasteiger partial charge in [0.05, 0.1) is 11.9 Å². The van der Waals surface area contributed by atoms with Crippen molar-refractivity contribution in [2.24, 2.45) is 0 Å². The molecule has 1 amide bonds. The number of aromatic nitrogens is 1. The molecule has 0 aliphatic rings. The van der Waals surface area contributed by atoms with Gasteiger partial charge in [-0.1, -0.05) is 41.4 Å². The van der Waals surface area contributed by atoms with Crippen LogP contribution >= 0.6 is 11.6 Å². The summed E-state index contributed by atoms with van der Waals surface area (Å²) in [5.74, 6) is 0.619. The number of amides is 1. The lowest BCUT2D eigenvalue weighted by atomic mass is 10.1. The van der Waals surface area contributed by atoms with Gasteiger partial charge in [-0.2, -0.15) is 0 Å². The molecule has 0 radical (unpaired) electrons. The second-order valence-electron chi connectivity index (χ2n) is 6.06. The summed E-state index contributed by atoms with van der Waals surface area (Å²) in [4.78, 5) is 16.5. The van der Waals surface area contributed by atoms with Crippen molar-refractivity contribution in [3.05, 3.63) is 88.6 Å². The Kier molecular flexibility index (Phi) is 5.87. The van der Waals surface area contributed by atoms with E-state index in [1.165, 1.54) is 5.56 Å². The number of pyridine rings is 1. The van der Waals surface area contributed by atoms with Crippen molar-refractivity contribution in [3.63, 3.8) is 0 Å². The molecule has 0 fully saturated rings. The minimum atomic E-state index is -0.145. The summed E-state index contributed by atoms with van der Waals surface area (Å²) < 4.78 is 0. The average molecular weight is 366 g/mol. The molecule has 3 aromatic rings. The molecule has 2 aromatic carbocycles. The van der Waals surface area contributed by atoms with Crippen LogP contribution in [0, 0.1) is 6.92 Å². The predicted molar refractivity (Wildman–Crippen MR) is 107 cm³/mol. The molecule has 5 heteroatoms. The SMILES string of the molecule is Cc1ccc(C(=O)Nc2ccc(NCCc3cccc(Cl)c3)nc2)cc1. The molecule has 1 heterocycles. The summed E-state index contributed by atoms with van der Waals surface area (Å²) in [6, 6.07) is 19.0. The third-order valence-corrected chi connectivity index (χ3v) is 4.18. The van der Waals surface area contributed by atoms with Crippen molar-refractivity contribution in [1.29, 1.82) is 0 Å². The van der Waals surface area contributed by atoms with Crippen LogP contribution in [0.2, 0.25) is 5.02 Å². The van der Waals surface area contributed by atoms with Crippen molar-refractivity contribution < 1.29 is 4.79 Å². The Balaban J connectivity index is 1.51. The molecule has 1 aromatic heterocycles. The molecule has 0 aliphatic heterocycles. The molecule has 0 saturated heterocycles.